The van der Waals surface area contributed by atoms with E-state index < -0.39 is 23.1 Å². The predicted molar refractivity (Wildman–Crippen MR) is 38.4 cm³/mol. The fraction of sp³-hybridized carbons (Fsp3) is 0.167. The van der Waals surface area contributed by atoms with Crippen LogP contribution in [0.4, 0.5) is 0 Å². The highest BCUT2D eigenvalue weighted by atomic mass is 16.4. The summed E-state index contributed by atoms with van der Waals surface area (Å²) in [7, 11) is 0. The van der Waals surface area contributed by atoms with Gasteiger partial charge in [-0.15, -0.1) is 0 Å². The first-order valence-electron chi connectivity index (χ1n) is 3.09. The van der Waals surface area contributed by atoms with Crippen molar-refractivity contribution >= 4 is 11.8 Å². The van der Waals surface area contributed by atoms with Gasteiger partial charge in [-0.2, -0.15) is 0 Å². The van der Waals surface area contributed by atoms with E-state index in [-0.39, 0.29) is 5.69 Å². The number of ketones is 1. The van der Waals surface area contributed by atoms with Gasteiger partial charge in [-0.25, -0.2) is 9.59 Å². The van der Waals surface area contributed by atoms with E-state index in [0.717, 1.165) is 0 Å². The summed E-state index contributed by atoms with van der Waals surface area (Å²) in [6.07, 6.45) is 0. The zero-order valence-corrected chi connectivity index (χ0v) is 6.17. The van der Waals surface area contributed by atoms with Gasteiger partial charge < -0.3 is 10.1 Å². The molecule has 0 bridgehead atoms. The molecule has 0 saturated heterocycles. The SMILES string of the molecule is CC(=O)c1[nH]c(=O)[nH]c1C(=O)O. The Labute approximate surface area is 66.2 Å². The van der Waals surface area contributed by atoms with Crippen molar-refractivity contribution in [3.63, 3.8) is 0 Å². The molecule has 1 aromatic heterocycles. The number of hydrogen-bond acceptors (Lipinski definition) is 3. The summed E-state index contributed by atoms with van der Waals surface area (Å²) < 4.78 is 0. The fourth-order valence-electron chi connectivity index (χ4n) is 0.808. The van der Waals surface area contributed by atoms with Crippen molar-refractivity contribution in [2.75, 3.05) is 0 Å². The van der Waals surface area contributed by atoms with E-state index in [0.29, 0.717) is 0 Å². The van der Waals surface area contributed by atoms with Crippen molar-refractivity contribution in [1.29, 1.82) is 0 Å². The second-order valence-corrected chi connectivity index (χ2v) is 2.19. The number of nitrogens with one attached hydrogen (secondary N) is 2. The van der Waals surface area contributed by atoms with E-state index in [1.54, 1.807) is 0 Å². The lowest BCUT2D eigenvalue weighted by Crippen LogP contribution is -2.05. The molecular formula is C6H6N2O4. The third-order valence-corrected chi connectivity index (χ3v) is 1.29. The Hall–Kier alpha value is -1.85. The maximum atomic E-state index is 10.7. The number of carbonyl (C=O) groups excluding carboxylic acids is 1. The minimum Gasteiger partial charge on any atom is -0.477 e. The zero-order chi connectivity index (χ0) is 9.30. The van der Waals surface area contributed by atoms with Crippen molar-refractivity contribution in [3.05, 3.63) is 21.9 Å². The summed E-state index contributed by atoms with van der Waals surface area (Å²) in [6.45, 7) is 1.17. The molecular weight excluding hydrogens is 164 g/mol. The highest BCUT2D eigenvalue weighted by molar-refractivity contribution is 6.02. The number of aromatic nitrogens is 2. The van der Waals surface area contributed by atoms with Gasteiger partial charge in [0.25, 0.3) is 0 Å². The summed E-state index contributed by atoms with van der Waals surface area (Å²) >= 11 is 0. The van der Waals surface area contributed by atoms with Crippen LogP contribution in [-0.4, -0.2) is 26.8 Å². The molecule has 6 heteroatoms. The number of hydrogen-bond donors (Lipinski definition) is 3. The molecule has 1 heterocycles. The Balaban J connectivity index is 3.36. The molecule has 0 atom stereocenters. The van der Waals surface area contributed by atoms with Gasteiger partial charge in [0.05, 0.1) is 0 Å². The topological polar surface area (TPSA) is 103 Å². The second-order valence-electron chi connectivity index (χ2n) is 2.19. The van der Waals surface area contributed by atoms with Crippen LogP contribution in [0.5, 0.6) is 0 Å². The van der Waals surface area contributed by atoms with Crippen LogP contribution >= 0.6 is 0 Å². The van der Waals surface area contributed by atoms with Gasteiger partial charge in [-0.05, 0) is 0 Å². The summed E-state index contributed by atoms with van der Waals surface area (Å²) in [5.41, 5.74) is -1.29. The van der Waals surface area contributed by atoms with Crippen LogP contribution in [0.1, 0.15) is 27.9 Å². The van der Waals surface area contributed by atoms with E-state index in [9.17, 15) is 14.4 Å². The van der Waals surface area contributed by atoms with Crippen LogP contribution in [0, 0.1) is 0 Å². The van der Waals surface area contributed by atoms with Gasteiger partial charge in [0.15, 0.2) is 11.5 Å². The van der Waals surface area contributed by atoms with Crippen molar-refractivity contribution in [2.24, 2.45) is 0 Å². The largest absolute Gasteiger partial charge is 0.477 e. The van der Waals surface area contributed by atoms with Crippen LogP contribution < -0.4 is 5.69 Å². The molecule has 3 N–H and O–H groups in total. The highest BCUT2D eigenvalue weighted by Gasteiger charge is 2.16. The van der Waals surface area contributed by atoms with Gasteiger partial charge >= 0.3 is 11.7 Å². The molecule has 0 aromatic carbocycles. The number of H-pyrrole nitrogens is 2. The molecule has 64 valence electrons. The minimum atomic E-state index is -1.33. The van der Waals surface area contributed by atoms with Crippen molar-refractivity contribution < 1.29 is 14.7 Å². The number of aromatic carboxylic acids is 1. The van der Waals surface area contributed by atoms with E-state index >= 15 is 0 Å². The Morgan fingerprint density at radius 2 is 1.75 bits per heavy atom. The third-order valence-electron chi connectivity index (χ3n) is 1.29. The quantitative estimate of drug-likeness (QED) is 0.525. The Bertz CT molecular complexity index is 352. The average Bonchev–Trinajstić information content (AvgIpc) is 2.31. The smallest absolute Gasteiger partial charge is 0.354 e. The van der Waals surface area contributed by atoms with Crippen LogP contribution in [0.2, 0.25) is 0 Å². The van der Waals surface area contributed by atoms with Gasteiger partial charge in [0.2, 0.25) is 0 Å². The molecule has 6 nitrogen and oxygen atoms in total. The standard InChI is InChI=1S/C6H6N2O4/c1-2(9)3-4(5(10)11)8-6(12)7-3/h1H3,(H,10,11)(H2,7,8,12). The van der Waals surface area contributed by atoms with E-state index in [2.05, 4.69) is 4.98 Å². The number of carbonyl (C=O) groups is 2. The number of Topliss-reactive ketones (excluding diaryl/α,β-unsaturated/α-hetero) is 1. The first-order chi connectivity index (χ1) is 5.52. The number of imidazole rings is 1. The molecule has 0 aliphatic rings. The number of rotatable bonds is 2. The van der Waals surface area contributed by atoms with Crippen LogP contribution in [0.25, 0.3) is 0 Å². The van der Waals surface area contributed by atoms with Crippen molar-refractivity contribution in [3.8, 4) is 0 Å². The normalized spacial score (nSPS) is 9.75. The minimum absolute atomic E-state index is 0.201. The maximum Gasteiger partial charge on any atom is 0.354 e. The third kappa shape index (κ3) is 1.26. The maximum absolute atomic E-state index is 10.7. The highest BCUT2D eigenvalue weighted by Crippen LogP contribution is 1.99. The first-order valence-corrected chi connectivity index (χ1v) is 3.09. The number of carboxylic acids is 1. The molecule has 0 saturated carbocycles. The van der Waals surface area contributed by atoms with Crippen LogP contribution in [-0.2, 0) is 0 Å². The predicted octanol–water partition coefficient (Wildman–Crippen LogP) is -0.396. The van der Waals surface area contributed by atoms with E-state index in [1.807, 2.05) is 4.98 Å². The molecule has 12 heavy (non-hydrogen) atoms. The molecule has 0 radical (unpaired) electrons. The molecule has 0 aliphatic heterocycles. The lowest BCUT2D eigenvalue weighted by Gasteiger charge is -1.90. The Morgan fingerprint density at radius 3 is 2.08 bits per heavy atom. The first kappa shape index (κ1) is 8.25. The van der Waals surface area contributed by atoms with Gasteiger partial charge in [0.1, 0.15) is 5.69 Å². The van der Waals surface area contributed by atoms with Gasteiger partial charge in [-0.3, -0.25) is 9.78 Å². The van der Waals surface area contributed by atoms with Crippen molar-refractivity contribution in [2.45, 2.75) is 6.92 Å². The second kappa shape index (κ2) is 2.65. The number of aromatic amines is 2. The molecule has 0 unspecified atom stereocenters. The molecule has 0 spiro atoms. The van der Waals surface area contributed by atoms with Crippen molar-refractivity contribution in [1.82, 2.24) is 9.97 Å². The van der Waals surface area contributed by atoms with E-state index in [4.69, 9.17) is 5.11 Å². The lowest BCUT2D eigenvalue weighted by atomic mass is 10.2. The zero-order valence-electron chi connectivity index (χ0n) is 6.17. The Morgan fingerprint density at radius 1 is 1.25 bits per heavy atom. The molecule has 0 fully saturated rings. The van der Waals surface area contributed by atoms with E-state index in [1.165, 1.54) is 6.92 Å². The fourth-order valence-corrected chi connectivity index (χ4v) is 0.808. The summed E-state index contributed by atoms with van der Waals surface area (Å²) in [6, 6.07) is 0. The number of carboxylic acid groups (broad SMARTS) is 1. The molecule has 1 rings (SSSR count). The molecule has 0 amide bonds. The summed E-state index contributed by atoms with van der Waals surface area (Å²) in [5.74, 6) is -1.83. The molecule has 0 aliphatic carbocycles. The molecule has 1 aromatic rings. The lowest BCUT2D eigenvalue weighted by molar-refractivity contribution is 0.0686. The summed E-state index contributed by atoms with van der Waals surface area (Å²) in [5, 5.41) is 8.49. The van der Waals surface area contributed by atoms with Crippen LogP contribution in [0.3, 0.4) is 0 Å². The Kier molecular flexibility index (Phi) is 1.82. The van der Waals surface area contributed by atoms with Gasteiger partial charge in [0, 0.05) is 6.92 Å². The van der Waals surface area contributed by atoms with Crippen LogP contribution in [0.15, 0.2) is 4.79 Å². The average molecular weight is 170 g/mol. The van der Waals surface area contributed by atoms with Gasteiger partial charge in [-0.1, -0.05) is 0 Å². The monoisotopic (exact) mass is 170 g/mol. The summed E-state index contributed by atoms with van der Waals surface area (Å²) in [4.78, 5) is 35.8.